The predicted molar refractivity (Wildman–Crippen MR) is 82.7 cm³/mol. The van der Waals surface area contributed by atoms with Crippen molar-refractivity contribution in [2.75, 3.05) is 12.3 Å². The standard InChI is InChI=1S/C16H21NO3S/c18-16(17-12-11-14-7-3-1-4-8-14)13-21(19,20)15-9-5-2-6-10-15/h2,5-7,9-10H,1,3-4,8,11-13H2,(H,17,18). The number of carbonyl (C=O) groups is 1. The minimum Gasteiger partial charge on any atom is -0.355 e. The van der Waals surface area contributed by atoms with Crippen molar-refractivity contribution in [3.8, 4) is 0 Å². The van der Waals surface area contributed by atoms with Gasteiger partial charge in [-0.1, -0.05) is 29.8 Å². The van der Waals surface area contributed by atoms with E-state index >= 15 is 0 Å². The zero-order valence-corrected chi connectivity index (χ0v) is 12.9. The minimum atomic E-state index is -3.54. The van der Waals surface area contributed by atoms with Crippen molar-refractivity contribution in [3.63, 3.8) is 0 Å². The summed E-state index contributed by atoms with van der Waals surface area (Å²) in [6.07, 6.45) is 7.71. The molecule has 1 aromatic carbocycles. The number of carbonyl (C=O) groups excluding carboxylic acids is 1. The van der Waals surface area contributed by atoms with Gasteiger partial charge in [-0.25, -0.2) is 8.42 Å². The molecule has 0 unspecified atom stereocenters. The van der Waals surface area contributed by atoms with Gasteiger partial charge in [-0.2, -0.15) is 0 Å². The average Bonchev–Trinajstić information content (AvgIpc) is 2.49. The molecule has 1 amide bonds. The van der Waals surface area contributed by atoms with E-state index in [4.69, 9.17) is 0 Å². The van der Waals surface area contributed by atoms with Gasteiger partial charge in [0.25, 0.3) is 0 Å². The second-order valence-electron chi connectivity index (χ2n) is 5.28. The maximum Gasteiger partial charge on any atom is 0.235 e. The number of nitrogens with one attached hydrogen (secondary N) is 1. The summed E-state index contributed by atoms with van der Waals surface area (Å²) < 4.78 is 24.1. The second-order valence-corrected chi connectivity index (χ2v) is 7.27. The quantitative estimate of drug-likeness (QED) is 0.821. The molecular weight excluding hydrogens is 286 g/mol. The fraction of sp³-hybridized carbons (Fsp3) is 0.438. The summed E-state index contributed by atoms with van der Waals surface area (Å²) in [5, 5.41) is 2.70. The third-order valence-corrected chi connectivity index (χ3v) is 5.21. The van der Waals surface area contributed by atoms with Crippen molar-refractivity contribution in [3.05, 3.63) is 42.0 Å². The molecule has 0 aromatic heterocycles. The number of sulfone groups is 1. The summed E-state index contributed by atoms with van der Waals surface area (Å²) in [6, 6.07) is 8.07. The molecule has 4 nitrogen and oxygen atoms in total. The normalized spacial score (nSPS) is 15.3. The maximum atomic E-state index is 12.0. The Morgan fingerprint density at radius 1 is 1.14 bits per heavy atom. The van der Waals surface area contributed by atoms with E-state index in [1.54, 1.807) is 18.2 Å². The first-order chi connectivity index (χ1) is 10.1. The molecule has 1 aliphatic carbocycles. The number of hydrogen-bond acceptors (Lipinski definition) is 3. The number of allylic oxidation sites excluding steroid dienone is 1. The lowest BCUT2D eigenvalue weighted by molar-refractivity contribution is -0.118. The highest BCUT2D eigenvalue weighted by Gasteiger charge is 2.18. The van der Waals surface area contributed by atoms with Crippen molar-refractivity contribution in [2.24, 2.45) is 0 Å². The molecule has 0 heterocycles. The summed E-state index contributed by atoms with van der Waals surface area (Å²) in [5.74, 6) is -0.925. The van der Waals surface area contributed by atoms with Crippen LogP contribution in [0.1, 0.15) is 32.1 Å². The third kappa shape index (κ3) is 5.01. The molecular formula is C16H21NO3S. The van der Waals surface area contributed by atoms with Crippen LogP contribution in [0.15, 0.2) is 46.9 Å². The Hall–Kier alpha value is -1.62. The van der Waals surface area contributed by atoms with Crippen LogP contribution >= 0.6 is 0 Å². The molecule has 1 aliphatic rings. The zero-order chi connectivity index (χ0) is 15.1. The average molecular weight is 307 g/mol. The Morgan fingerprint density at radius 3 is 2.57 bits per heavy atom. The Balaban J connectivity index is 1.80. The van der Waals surface area contributed by atoms with Gasteiger partial charge in [-0.15, -0.1) is 0 Å². The summed E-state index contributed by atoms with van der Waals surface area (Å²) >= 11 is 0. The fourth-order valence-corrected chi connectivity index (χ4v) is 3.61. The molecule has 0 saturated heterocycles. The summed E-state index contributed by atoms with van der Waals surface area (Å²) in [5.41, 5.74) is 1.37. The van der Waals surface area contributed by atoms with Crippen LogP contribution in [0, 0.1) is 0 Å². The van der Waals surface area contributed by atoms with Crippen LogP contribution in [0.25, 0.3) is 0 Å². The monoisotopic (exact) mass is 307 g/mol. The third-order valence-electron chi connectivity index (χ3n) is 3.58. The van der Waals surface area contributed by atoms with Gasteiger partial charge in [-0.05, 0) is 44.2 Å². The van der Waals surface area contributed by atoms with Crippen LogP contribution in [0.5, 0.6) is 0 Å². The van der Waals surface area contributed by atoms with Crippen molar-refractivity contribution in [1.29, 1.82) is 0 Å². The predicted octanol–water partition coefficient (Wildman–Crippen LogP) is 2.47. The molecule has 5 heteroatoms. The Bertz CT molecular complexity index is 606. The summed E-state index contributed by atoms with van der Waals surface area (Å²) in [7, 11) is -3.54. The van der Waals surface area contributed by atoms with E-state index in [1.165, 1.54) is 30.5 Å². The highest BCUT2D eigenvalue weighted by Crippen LogP contribution is 2.19. The van der Waals surface area contributed by atoms with Gasteiger partial charge >= 0.3 is 0 Å². The van der Waals surface area contributed by atoms with Crippen molar-refractivity contribution in [1.82, 2.24) is 5.32 Å². The molecule has 0 bridgehead atoms. The van der Waals surface area contributed by atoms with Crippen LogP contribution in [0.3, 0.4) is 0 Å². The van der Waals surface area contributed by atoms with Gasteiger partial charge in [0.1, 0.15) is 5.75 Å². The van der Waals surface area contributed by atoms with Crippen LogP contribution in [0.2, 0.25) is 0 Å². The van der Waals surface area contributed by atoms with Crippen molar-refractivity contribution in [2.45, 2.75) is 37.0 Å². The van der Waals surface area contributed by atoms with Gasteiger partial charge in [0.2, 0.25) is 5.91 Å². The molecule has 114 valence electrons. The smallest absolute Gasteiger partial charge is 0.235 e. The first-order valence-electron chi connectivity index (χ1n) is 7.30. The van der Waals surface area contributed by atoms with Gasteiger partial charge in [0.05, 0.1) is 4.90 Å². The molecule has 0 fully saturated rings. The summed E-state index contributed by atoms with van der Waals surface area (Å²) in [6.45, 7) is 0.509. The van der Waals surface area contributed by atoms with Gasteiger partial charge in [0.15, 0.2) is 9.84 Å². The number of benzene rings is 1. The van der Waals surface area contributed by atoms with Gasteiger partial charge in [0, 0.05) is 6.54 Å². The largest absolute Gasteiger partial charge is 0.355 e. The molecule has 21 heavy (non-hydrogen) atoms. The SMILES string of the molecule is O=C(CS(=O)(=O)c1ccccc1)NCCC1=CCCCC1. The first kappa shape index (κ1) is 15.8. The minimum absolute atomic E-state index is 0.190. The molecule has 0 atom stereocenters. The molecule has 0 aliphatic heterocycles. The van der Waals surface area contributed by atoms with Crippen LogP contribution in [-0.4, -0.2) is 26.6 Å². The molecule has 1 N–H and O–H groups in total. The second kappa shape index (κ2) is 7.41. The molecule has 2 rings (SSSR count). The lowest BCUT2D eigenvalue weighted by Crippen LogP contribution is -2.31. The Labute approximate surface area is 126 Å². The van der Waals surface area contributed by atoms with E-state index in [0.29, 0.717) is 6.54 Å². The lowest BCUT2D eigenvalue weighted by Gasteiger charge is -2.13. The van der Waals surface area contributed by atoms with Crippen LogP contribution in [-0.2, 0) is 14.6 Å². The molecule has 0 radical (unpaired) electrons. The van der Waals surface area contributed by atoms with Gasteiger partial charge < -0.3 is 5.32 Å². The lowest BCUT2D eigenvalue weighted by atomic mass is 9.97. The number of hydrogen-bond donors (Lipinski definition) is 1. The van der Waals surface area contributed by atoms with E-state index in [1.807, 2.05) is 0 Å². The Kier molecular flexibility index (Phi) is 5.56. The van der Waals surface area contributed by atoms with E-state index < -0.39 is 21.5 Å². The van der Waals surface area contributed by atoms with Crippen molar-refractivity contribution >= 4 is 15.7 Å². The van der Waals surface area contributed by atoms with Crippen molar-refractivity contribution < 1.29 is 13.2 Å². The van der Waals surface area contributed by atoms with Crippen LogP contribution in [0.4, 0.5) is 0 Å². The zero-order valence-electron chi connectivity index (χ0n) is 12.0. The fourth-order valence-electron chi connectivity index (χ4n) is 2.43. The first-order valence-corrected chi connectivity index (χ1v) is 8.95. The van der Waals surface area contributed by atoms with E-state index in [-0.39, 0.29) is 4.90 Å². The highest BCUT2D eigenvalue weighted by atomic mass is 32.2. The number of amides is 1. The number of rotatable bonds is 6. The molecule has 0 saturated carbocycles. The molecule has 0 spiro atoms. The molecule has 1 aromatic rings. The topological polar surface area (TPSA) is 63.2 Å². The van der Waals surface area contributed by atoms with E-state index in [2.05, 4.69) is 11.4 Å². The van der Waals surface area contributed by atoms with E-state index in [0.717, 1.165) is 19.3 Å². The van der Waals surface area contributed by atoms with E-state index in [9.17, 15) is 13.2 Å². The maximum absolute atomic E-state index is 12.0. The van der Waals surface area contributed by atoms with Crippen LogP contribution < -0.4 is 5.32 Å². The Morgan fingerprint density at radius 2 is 1.90 bits per heavy atom. The summed E-state index contributed by atoms with van der Waals surface area (Å²) in [4.78, 5) is 12.0. The van der Waals surface area contributed by atoms with Gasteiger partial charge in [-0.3, -0.25) is 4.79 Å². The highest BCUT2D eigenvalue weighted by molar-refractivity contribution is 7.92.